The van der Waals surface area contributed by atoms with E-state index in [2.05, 4.69) is 40.4 Å². The van der Waals surface area contributed by atoms with Crippen molar-refractivity contribution in [2.45, 2.75) is 176 Å². The van der Waals surface area contributed by atoms with Gasteiger partial charge in [-0.05, 0) is 105 Å². The molecule has 408 valence electrons. The minimum atomic E-state index is -2.17. The van der Waals surface area contributed by atoms with Gasteiger partial charge in [-0.15, -0.1) is 0 Å². The molecule has 6 rings (SSSR count). The molecule has 0 spiro atoms. The molecular weight excluding hydrogens is 966 g/mol. The number of ketones is 1. The van der Waals surface area contributed by atoms with Crippen LogP contribution in [0, 0.1) is 28.5 Å². The fourth-order valence-corrected chi connectivity index (χ4v) is 13.8. The van der Waals surface area contributed by atoms with Crippen molar-refractivity contribution in [1.29, 1.82) is 0 Å². The van der Waals surface area contributed by atoms with Gasteiger partial charge in [0.2, 0.25) is 29.5 Å². The summed E-state index contributed by atoms with van der Waals surface area (Å²) < 4.78 is 15.6. The molecule has 2 saturated heterocycles. The van der Waals surface area contributed by atoms with E-state index in [4.69, 9.17) is 0 Å². The van der Waals surface area contributed by atoms with Crippen molar-refractivity contribution in [3.05, 3.63) is 106 Å². The molecule has 3 aromatic carbocycles. The molecule has 75 heavy (non-hydrogen) atoms. The van der Waals surface area contributed by atoms with Gasteiger partial charge in [0.15, 0.2) is 0 Å². The number of aryl methyl sites for hydroxylation is 1. The van der Waals surface area contributed by atoms with Crippen LogP contribution < -0.4 is 21.3 Å². The minimum absolute atomic E-state index is 0.0107. The van der Waals surface area contributed by atoms with Crippen LogP contribution in [-0.2, 0) is 41.7 Å². The lowest BCUT2D eigenvalue weighted by atomic mass is 9.76. The minimum Gasteiger partial charge on any atom is -0.347 e. The molecule has 6 amide bonds. The number of benzene rings is 3. The Morgan fingerprint density at radius 3 is 2.09 bits per heavy atom. The molecule has 0 radical (unpaired) electrons. The smallest absolute Gasteiger partial charge is 0.251 e. The number of carbonyl (C=O) groups excluding carboxylic acids is 7. The van der Waals surface area contributed by atoms with Crippen molar-refractivity contribution in [3.8, 4) is 0 Å². The number of carbonyl (C=O) groups is 7. The van der Waals surface area contributed by atoms with Gasteiger partial charge in [-0.3, -0.25) is 33.6 Å². The van der Waals surface area contributed by atoms with Gasteiger partial charge < -0.3 is 36.0 Å². The van der Waals surface area contributed by atoms with Crippen molar-refractivity contribution in [1.82, 2.24) is 36.0 Å². The standard InChI is InChI=1S/C59H84FN7O7Si/c1-14-36(2)52(69)64-51(59(8,9)10)57(74)67-35-75(12,13)34-49(67)56(73)65(38(4)43-22-17-18-24-46(43)60)32-39-26-28-41(29-27-39)53(70)62-42-30-48(54(71)63-47-25-19-21-40-20-15-16-23-44(40)47)66(33-42)55(72)45(58(5,6)7)31-50(68)37(3)61-11/h15-18,20,22-24,26-29,36-38,42,45,47-49,51,61H,14,19,21,25,30-35H2,1-13H3,(H,62,70)(H,63,71)(H,64,69)/t36-,37+,38-,42?,45-,47?,48+,49+,51-/m1/s1. The van der Waals surface area contributed by atoms with E-state index in [-0.39, 0.29) is 73.2 Å². The first-order chi connectivity index (χ1) is 35.1. The third-order valence-corrected chi connectivity index (χ3v) is 18.7. The van der Waals surface area contributed by atoms with Crippen molar-refractivity contribution < 1.29 is 38.0 Å². The lowest BCUT2D eigenvalue weighted by Crippen LogP contribution is -2.58. The molecule has 2 aliphatic heterocycles. The van der Waals surface area contributed by atoms with Gasteiger partial charge >= 0.3 is 0 Å². The molecule has 3 aromatic rings. The van der Waals surface area contributed by atoms with Crippen LogP contribution in [0.1, 0.15) is 146 Å². The number of hydrogen-bond acceptors (Lipinski definition) is 8. The Labute approximate surface area is 446 Å². The van der Waals surface area contributed by atoms with E-state index in [9.17, 15) is 28.8 Å². The van der Waals surface area contributed by atoms with Gasteiger partial charge in [-0.2, -0.15) is 0 Å². The zero-order chi connectivity index (χ0) is 55.3. The molecule has 2 fully saturated rings. The number of likely N-dealkylation sites (N-methyl/N-ethyl adjacent to an activating group) is 1. The van der Waals surface area contributed by atoms with Crippen LogP contribution in [0.15, 0.2) is 72.8 Å². The molecule has 16 heteroatoms. The van der Waals surface area contributed by atoms with Crippen LogP contribution in [0.4, 0.5) is 4.39 Å². The van der Waals surface area contributed by atoms with Crippen molar-refractivity contribution in [3.63, 3.8) is 0 Å². The van der Waals surface area contributed by atoms with E-state index in [1.54, 1.807) is 78.1 Å². The maximum atomic E-state index is 15.6. The summed E-state index contributed by atoms with van der Waals surface area (Å²) in [6.07, 6.45) is 3.76. The topological polar surface area (TPSA) is 177 Å². The Hall–Kier alpha value is -5.74. The number of nitrogens with zero attached hydrogens (tertiary/aromatic N) is 3. The first kappa shape index (κ1) is 58.5. The van der Waals surface area contributed by atoms with Crippen molar-refractivity contribution in [2.75, 3.05) is 19.8 Å². The predicted octanol–water partition coefficient (Wildman–Crippen LogP) is 8.07. The Morgan fingerprint density at radius 2 is 1.47 bits per heavy atom. The molecule has 0 aromatic heterocycles. The third-order valence-electron chi connectivity index (χ3n) is 16.0. The summed E-state index contributed by atoms with van der Waals surface area (Å²) in [6.45, 7) is 23.1. The van der Waals surface area contributed by atoms with Gasteiger partial charge in [0.1, 0.15) is 29.7 Å². The predicted molar refractivity (Wildman–Crippen MR) is 293 cm³/mol. The maximum absolute atomic E-state index is 15.6. The largest absolute Gasteiger partial charge is 0.347 e. The lowest BCUT2D eigenvalue weighted by Gasteiger charge is -2.38. The summed E-state index contributed by atoms with van der Waals surface area (Å²) in [4.78, 5) is 105. The van der Waals surface area contributed by atoms with E-state index in [1.165, 1.54) is 11.6 Å². The van der Waals surface area contributed by atoms with Gasteiger partial charge in [-0.25, -0.2) is 4.39 Å². The SMILES string of the molecule is CC[C@@H](C)C(=O)N[C@H](C(=O)N1C[Si](C)(C)C[C@H]1C(=O)N(Cc1ccc(C(=O)NC2C[C@@H](C(=O)NC3CCCc4ccccc43)N(C(=O)[C@@H](CC(=O)[C@H](C)NC)C(C)(C)C)C2)cc1)[C@H](C)c1ccccc1F)C(C)(C)C. The van der Waals surface area contributed by atoms with E-state index in [0.29, 0.717) is 35.3 Å². The molecule has 0 saturated carbocycles. The Kier molecular flexibility index (Phi) is 18.8. The number of Topliss-reactive ketones (excluding diaryl/α,β-unsaturated/α-hetero) is 1. The molecule has 1 aliphatic carbocycles. The van der Waals surface area contributed by atoms with E-state index in [0.717, 1.165) is 24.8 Å². The number of likely N-dealkylation sites (tertiary alicyclic amines) is 1. The summed E-state index contributed by atoms with van der Waals surface area (Å²) >= 11 is 0. The van der Waals surface area contributed by atoms with Gasteiger partial charge in [0.05, 0.1) is 26.2 Å². The summed E-state index contributed by atoms with van der Waals surface area (Å²) in [5.74, 6) is -3.52. The number of nitrogens with one attached hydrogen (secondary N) is 4. The van der Waals surface area contributed by atoms with Crippen LogP contribution in [0.2, 0.25) is 19.1 Å². The quantitative estimate of drug-likeness (QED) is 0.0925. The van der Waals surface area contributed by atoms with Crippen molar-refractivity contribution in [2.24, 2.45) is 22.7 Å². The number of halogens is 1. The second kappa shape index (κ2) is 24.1. The zero-order valence-corrected chi connectivity index (χ0v) is 47.8. The third kappa shape index (κ3) is 14.0. The number of hydrogen-bond donors (Lipinski definition) is 4. The molecule has 9 atom stereocenters. The van der Waals surface area contributed by atoms with Gasteiger partial charge in [0, 0.05) is 54.7 Å². The Balaban J connectivity index is 1.25. The molecule has 4 N–H and O–H groups in total. The zero-order valence-electron chi connectivity index (χ0n) is 46.8. The Bertz CT molecular complexity index is 2580. The molecule has 3 aliphatic rings. The van der Waals surface area contributed by atoms with Crippen LogP contribution in [-0.4, -0.2) is 114 Å². The first-order valence-corrected chi connectivity index (χ1v) is 30.5. The second-order valence-electron chi connectivity index (χ2n) is 24.5. The molecular formula is C59H84FN7O7Si. The fraction of sp³-hybridized carbons (Fsp3) is 0.576. The van der Waals surface area contributed by atoms with Gasteiger partial charge in [-0.1, -0.05) is 123 Å². The van der Waals surface area contributed by atoms with Crippen LogP contribution in [0.25, 0.3) is 0 Å². The fourth-order valence-electron chi connectivity index (χ4n) is 10.9. The Morgan fingerprint density at radius 1 is 0.813 bits per heavy atom. The number of amides is 6. The molecule has 0 bridgehead atoms. The average Bonchev–Trinajstić information content (AvgIpc) is 3.94. The van der Waals surface area contributed by atoms with Crippen molar-refractivity contribution >= 4 is 49.3 Å². The number of rotatable bonds is 18. The highest BCUT2D eigenvalue weighted by molar-refractivity contribution is 6.79. The molecule has 2 heterocycles. The second-order valence-corrected chi connectivity index (χ2v) is 29.5. The van der Waals surface area contributed by atoms with Crippen LogP contribution in [0.3, 0.4) is 0 Å². The first-order valence-electron chi connectivity index (χ1n) is 27.1. The molecule has 2 unspecified atom stereocenters. The molecule has 14 nitrogen and oxygen atoms in total. The summed E-state index contributed by atoms with van der Waals surface area (Å²) in [5.41, 5.74) is 2.26. The van der Waals surface area contributed by atoms with Crippen LogP contribution in [0.5, 0.6) is 0 Å². The monoisotopic (exact) mass is 1050 g/mol. The van der Waals surface area contributed by atoms with Crippen LogP contribution >= 0.6 is 0 Å². The van der Waals surface area contributed by atoms with E-state index < -0.39 is 72.8 Å². The summed E-state index contributed by atoms with van der Waals surface area (Å²) in [6, 6.07) is 17.0. The number of fused-ring (bicyclic) bond motifs is 1. The maximum Gasteiger partial charge on any atom is 0.251 e. The highest BCUT2D eigenvalue weighted by Gasteiger charge is 2.50. The summed E-state index contributed by atoms with van der Waals surface area (Å²) in [5, 5.41) is 12.4. The van der Waals surface area contributed by atoms with E-state index in [1.807, 2.05) is 73.6 Å². The van der Waals surface area contributed by atoms with Gasteiger partial charge in [0.25, 0.3) is 5.91 Å². The highest BCUT2D eigenvalue weighted by atomic mass is 28.3. The average molecular weight is 1050 g/mol. The normalized spacial score (nSPS) is 21.5. The summed E-state index contributed by atoms with van der Waals surface area (Å²) in [7, 11) is -0.469. The highest BCUT2D eigenvalue weighted by Crippen LogP contribution is 2.37. The lowest BCUT2D eigenvalue weighted by molar-refractivity contribution is -0.148. The van der Waals surface area contributed by atoms with E-state index >= 15 is 9.18 Å².